The third kappa shape index (κ3) is 5.31. The van der Waals surface area contributed by atoms with Crippen LogP contribution < -0.4 is 9.64 Å². The molecular formula is C18H22ClN5O2. The minimum absolute atomic E-state index is 0.419. The quantitative estimate of drug-likeness (QED) is 0.546. The van der Waals surface area contributed by atoms with E-state index in [9.17, 15) is 0 Å². The lowest BCUT2D eigenvalue weighted by atomic mass is 10.2. The Labute approximate surface area is 158 Å². The van der Waals surface area contributed by atoms with Crippen LogP contribution in [0.4, 0.5) is 5.82 Å². The van der Waals surface area contributed by atoms with Gasteiger partial charge in [0, 0.05) is 32.7 Å². The van der Waals surface area contributed by atoms with Gasteiger partial charge in [-0.15, -0.1) is 10.2 Å². The second-order valence-corrected chi connectivity index (χ2v) is 6.27. The maximum Gasteiger partial charge on any atom is 0.151 e. The Hall–Kier alpha value is -2.38. The number of ether oxygens (including phenoxy) is 1. The van der Waals surface area contributed by atoms with E-state index in [2.05, 4.69) is 25.2 Å². The summed E-state index contributed by atoms with van der Waals surface area (Å²) < 4.78 is 5.86. The number of aromatic nitrogens is 2. The van der Waals surface area contributed by atoms with Gasteiger partial charge in [-0.25, -0.2) is 0 Å². The van der Waals surface area contributed by atoms with Crippen LogP contribution in [0.2, 0.25) is 5.15 Å². The SMILES string of the molecule is CON=Cc1cccc(OCCN2CCN(c3ccc(Cl)nn3)CC2)c1. The van der Waals surface area contributed by atoms with Gasteiger partial charge in [0.2, 0.25) is 0 Å². The summed E-state index contributed by atoms with van der Waals surface area (Å²) >= 11 is 5.79. The number of oxime groups is 1. The molecule has 1 aromatic heterocycles. The van der Waals surface area contributed by atoms with Gasteiger partial charge in [0.05, 0.1) is 6.21 Å². The Balaban J connectivity index is 1.41. The fourth-order valence-electron chi connectivity index (χ4n) is 2.77. The molecule has 0 amide bonds. The summed E-state index contributed by atoms with van der Waals surface area (Å²) in [5.74, 6) is 1.71. The number of halogens is 1. The highest BCUT2D eigenvalue weighted by Gasteiger charge is 2.18. The summed E-state index contributed by atoms with van der Waals surface area (Å²) in [6.07, 6.45) is 1.66. The average molecular weight is 376 g/mol. The van der Waals surface area contributed by atoms with Crippen molar-refractivity contribution in [1.29, 1.82) is 0 Å². The van der Waals surface area contributed by atoms with Gasteiger partial charge in [-0.2, -0.15) is 0 Å². The number of anilines is 1. The Morgan fingerprint density at radius 3 is 2.73 bits per heavy atom. The van der Waals surface area contributed by atoms with Crippen molar-refractivity contribution in [1.82, 2.24) is 15.1 Å². The molecule has 0 atom stereocenters. The lowest BCUT2D eigenvalue weighted by Gasteiger charge is -2.35. The molecule has 0 aliphatic carbocycles. The van der Waals surface area contributed by atoms with Gasteiger partial charge in [-0.1, -0.05) is 28.9 Å². The smallest absolute Gasteiger partial charge is 0.151 e. The van der Waals surface area contributed by atoms with Crippen molar-refractivity contribution >= 4 is 23.6 Å². The van der Waals surface area contributed by atoms with E-state index in [1.807, 2.05) is 30.3 Å². The zero-order valence-corrected chi connectivity index (χ0v) is 15.5. The largest absolute Gasteiger partial charge is 0.492 e. The van der Waals surface area contributed by atoms with Crippen LogP contribution in [0.5, 0.6) is 5.75 Å². The Kier molecular flexibility index (Phi) is 6.62. The Morgan fingerprint density at radius 2 is 2.00 bits per heavy atom. The first-order valence-electron chi connectivity index (χ1n) is 8.50. The van der Waals surface area contributed by atoms with E-state index in [0.29, 0.717) is 11.8 Å². The lowest BCUT2D eigenvalue weighted by molar-refractivity contribution is 0.200. The molecule has 26 heavy (non-hydrogen) atoms. The highest BCUT2D eigenvalue weighted by molar-refractivity contribution is 6.29. The van der Waals surface area contributed by atoms with E-state index in [0.717, 1.165) is 49.9 Å². The summed E-state index contributed by atoms with van der Waals surface area (Å²) in [5, 5.41) is 12.2. The molecule has 1 saturated heterocycles. The molecule has 1 aliphatic rings. The first-order valence-corrected chi connectivity index (χ1v) is 8.88. The first-order chi connectivity index (χ1) is 12.7. The average Bonchev–Trinajstić information content (AvgIpc) is 2.68. The molecule has 0 radical (unpaired) electrons. The van der Waals surface area contributed by atoms with Gasteiger partial charge in [0.25, 0.3) is 0 Å². The van der Waals surface area contributed by atoms with Gasteiger partial charge in [-0.3, -0.25) is 4.90 Å². The predicted molar refractivity (Wildman–Crippen MR) is 102 cm³/mol. The number of hydrogen-bond acceptors (Lipinski definition) is 7. The fraction of sp³-hybridized carbons (Fsp3) is 0.389. The molecular weight excluding hydrogens is 354 g/mol. The molecule has 2 aromatic rings. The molecule has 0 spiro atoms. The van der Waals surface area contributed by atoms with Crippen LogP contribution in [0.1, 0.15) is 5.56 Å². The van der Waals surface area contributed by atoms with Crippen molar-refractivity contribution in [2.24, 2.45) is 5.16 Å². The zero-order chi connectivity index (χ0) is 18.2. The minimum Gasteiger partial charge on any atom is -0.492 e. The van der Waals surface area contributed by atoms with Crippen molar-refractivity contribution in [3.05, 3.63) is 47.1 Å². The fourth-order valence-corrected chi connectivity index (χ4v) is 2.87. The van der Waals surface area contributed by atoms with E-state index < -0.39 is 0 Å². The monoisotopic (exact) mass is 375 g/mol. The first kappa shape index (κ1) is 18.4. The highest BCUT2D eigenvalue weighted by Crippen LogP contribution is 2.15. The molecule has 138 valence electrons. The van der Waals surface area contributed by atoms with E-state index >= 15 is 0 Å². The van der Waals surface area contributed by atoms with Crippen molar-refractivity contribution in [3.63, 3.8) is 0 Å². The minimum atomic E-state index is 0.419. The molecule has 0 unspecified atom stereocenters. The number of nitrogens with zero attached hydrogens (tertiary/aromatic N) is 5. The van der Waals surface area contributed by atoms with E-state index in [4.69, 9.17) is 21.2 Å². The van der Waals surface area contributed by atoms with Crippen molar-refractivity contribution in [3.8, 4) is 5.75 Å². The van der Waals surface area contributed by atoms with Crippen molar-refractivity contribution < 1.29 is 9.57 Å². The molecule has 0 bridgehead atoms. The standard InChI is InChI=1S/C18H22ClN5O2/c1-25-20-14-15-3-2-4-16(13-15)26-12-11-23-7-9-24(10-8-23)18-6-5-17(19)21-22-18/h2-6,13-14H,7-12H2,1H3. The van der Waals surface area contributed by atoms with Gasteiger partial charge >= 0.3 is 0 Å². The van der Waals surface area contributed by atoms with Crippen LogP contribution in [0.25, 0.3) is 0 Å². The topological polar surface area (TPSA) is 63.1 Å². The molecule has 0 N–H and O–H groups in total. The maximum atomic E-state index is 5.86. The molecule has 3 rings (SSSR count). The lowest BCUT2D eigenvalue weighted by Crippen LogP contribution is -2.47. The molecule has 0 saturated carbocycles. The second kappa shape index (κ2) is 9.35. The highest BCUT2D eigenvalue weighted by atomic mass is 35.5. The van der Waals surface area contributed by atoms with Crippen LogP contribution in [-0.2, 0) is 4.84 Å². The third-order valence-corrected chi connectivity index (χ3v) is 4.36. The normalized spacial score (nSPS) is 15.4. The van der Waals surface area contributed by atoms with Crippen molar-refractivity contribution in [2.75, 3.05) is 51.3 Å². The Morgan fingerprint density at radius 1 is 1.15 bits per heavy atom. The number of benzene rings is 1. The van der Waals surface area contributed by atoms with Crippen LogP contribution in [0, 0.1) is 0 Å². The maximum absolute atomic E-state index is 5.86. The van der Waals surface area contributed by atoms with E-state index in [1.54, 1.807) is 12.3 Å². The van der Waals surface area contributed by atoms with E-state index in [-0.39, 0.29) is 0 Å². The van der Waals surface area contributed by atoms with Gasteiger partial charge in [0.1, 0.15) is 19.5 Å². The second-order valence-electron chi connectivity index (χ2n) is 5.88. The molecule has 7 nitrogen and oxygen atoms in total. The van der Waals surface area contributed by atoms with Crippen LogP contribution >= 0.6 is 11.6 Å². The van der Waals surface area contributed by atoms with Gasteiger partial charge in [0.15, 0.2) is 11.0 Å². The Bertz CT molecular complexity index is 718. The number of hydrogen-bond donors (Lipinski definition) is 0. The number of rotatable bonds is 7. The molecule has 1 fully saturated rings. The molecule has 8 heteroatoms. The summed E-state index contributed by atoms with van der Waals surface area (Å²) in [6, 6.07) is 11.5. The van der Waals surface area contributed by atoms with E-state index in [1.165, 1.54) is 7.11 Å². The summed E-state index contributed by atoms with van der Waals surface area (Å²) in [6.45, 7) is 5.29. The summed E-state index contributed by atoms with van der Waals surface area (Å²) in [5.41, 5.74) is 0.946. The molecule has 2 heterocycles. The molecule has 1 aromatic carbocycles. The van der Waals surface area contributed by atoms with Gasteiger partial charge in [-0.05, 0) is 29.8 Å². The predicted octanol–water partition coefficient (Wildman–Crippen LogP) is 2.31. The zero-order valence-electron chi connectivity index (χ0n) is 14.7. The van der Waals surface area contributed by atoms with Crippen molar-refractivity contribution in [2.45, 2.75) is 0 Å². The summed E-state index contributed by atoms with van der Waals surface area (Å²) in [7, 11) is 1.52. The molecule has 1 aliphatic heterocycles. The summed E-state index contributed by atoms with van der Waals surface area (Å²) in [4.78, 5) is 9.30. The van der Waals surface area contributed by atoms with Crippen LogP contribution in [0.15, 0.2) is 41.6 Å². The van der Waals surface area contributed by atoms with Gasteiger partial charge < -0.3 is 14.5 Å². The van der Waals surface area contributed by atoms with Crippen LogP contribution in [0.3, 0.4) is 0 Å². The third-order valence-electron chi connectivity index (χ3n) is 4.16. The van der Waals surface area contributed by atoms with Crippen LogP contribution in [-0.4, -0.2) is 67.8 Å². The number of piperazine rings is 1.